The Kier molecular flexibility index (Phi) is 9.83. The maximum absolute atomic E-state index is 11.8. The van der Waals surface area contributed by atoms with Gasteiger partial charge in [-0.2, -0.15) is 10.1 Å². The number of aliphatic carboxylic acids is 3. The van der Waals surface area contributed by atoms with E-state index < -0.39 is 47.4 Å². The normalized spacial score (nSPS) is 18.4. The van der Waals surface area contributed by atoms with Gasteiger partial charge in [-0.3, -0.25) is 24.6 Å². The number of nitrogens with zero attached hydrogens (tertiary/aromatic N) is 4. The van der Waals surface area contributed by atoms with Crippen LogP contribution < -0.4 is 0 Å². The van der Waals surface area contributed by atoms with Crippen LogP contribution in [0.25, 0.3) is 0 Å². The van der Waals surface area contributed by atoms with Crippen LogP contribution in [-0.4, -0.2) is 117 Å². The molecule has 198 valence electrons. The molecule has 17 nitrogen and oxygen atoms in total. The van der Waals surface area contributed by atoms with E-state index in [0.717, 1.165) is 13.1 Å². The molecule has 17 heteroatoms. The van der Waals surface area contributed by atoms with Crippen molar-refractivity contribution in [2.75, 3.05) is 39.4 Å². The van der Waals surface area contributed by atoms with Crippen LogP contribution >= 0.6 is 0 Å². The first kappa shape index (κ1) is 28.1. The molecular formula is C19H24N4O13. The molecule has 2 aliphatic heterocycles. The van der Waals surface area contributed by atoms with Gasteiger partial charge in [0.25, 0.3) is 0 Å². The zero-order valence-electron chi connectivity index (χ0n) is 18.7. The third-order valence-electron chi connectivity index (χ3n) is 4.82. The number of hydrazone groups is 1. The summed E-state index contributed by atoms with van der Waals surface area (Å²) in [5, 5.41) is 49.5. The Hall–Kier alpha value is -4.09. The summed E-state index contributed by atoms with van der Waals surface area (Å²) >= 11 is 0. The van der Waals surface area contributed by atoms with Gasteiger partial charge in [0, 0.05) is 19.6 Å². The van der Waals surface area contributed by atoms with Gasteiger partial charge in [0.2, 0.25) is 0 Å². The van der Waals surface area contributed by atoms with Crippen LogP contribution in [0.15, 0.2) is 21.7 Å². The van der Waals surface area contributed by atoms with Crippen molar-refractivity contribution in [3.8, 4) is 0 Å². The molecule has 3 heterocycles. The Labute approximate surface area is 202 Å². The Bertz CT molecular complexity index is 985. The van der Waals surface area contributed by atoms with Gasteiger partial charge in [-0.1, -0.05) is 0 Å². The molecule has 1 unspecified atom stereocenters. The second-order valence-electron chi connectivity index (χ2n) is 7.66. The second-order valence-corrected chi connectivity index (χ2v) is 7.66. The Morgan fingerprint density at radius 1 is 1.17 bits per heavy atom. The van der Waals surface area contributed by atoms with Crippen molar-refractivity contribution in [3.63, 3.8) is 0 Å². The van der Waals surface area contributed by atoms with E-state index in [1.54, 1.807) is 0 Å². The lowest BCUT2D eigenvalue weighted by Gasteiger charge is -2.27. The SMILES string of the molecule is O=C(O)CC(O)(CC(=O)O)C(=O)O.O=C1OC(CN2CCOCC2)CN1N=Cc1ccc([N+](=O)[O-])o1. The Morgan fingerprint density at radius 2 is 1.78 bits per heavy atom. The molecule has 0 bridgehead atoms. The largest absolute Gasteiger partial charge is 0.481 e. The first-order valence-electron chi connectivity index (χ1n) is 10.4. The maximum Gasteiger partial charge on any atom is 0.433 e. The highest BCUT2D eigenvalue weighted by Crippen LogP contribution is 2.17. The number of carboxylic acids is 3. The van der Waals surface area contributed by atoms with E-state index in [1.165, 1.54) is 23.4 Å². The molecule has 2 saturated heterocycles. The van der Waals surface area contributed by atoms with Gasteiger partial charge in [-0.05, 0) is 6.07 Å². The molecule has 0 aromatic carbocycles. The van der Waals surface area contributed by atoms with Crippen molar-refractivity contribution in [2.24, 2.45) is 5.10 Å². The van der Waals surface area contributed by atoms with Gasteiger partial charge >= 0.3 is 29.9 Å². The van der Waals surface area contributed by atoms with Crippen LogP contribution in [0.5, 0.6) is 0 Å². The number of morpholine rings is 1. The number of amides is 1. The maximum atomic E-state index is 11.8. The van der Waals surface area contributed by atoms with E-state index in [-0.39, 0.29) is 17.7 Å². The van der Waals surface area contributed by atoms with E-state index in [4.69, 9.17) is 34.3 Å². The fourth-order valence-corrected chi connectivity index (χ4v) is 3.12. The van der Waals surface area contributed by atoms with Gasteiger partial charge in [-0.25, -0.2) is 9.59 Å². The second kappa shape index (κ2) is 12.6. The molecule has 2 aliphatic rings. The summed E-state index contributed by atoms with van der Waals surface area (Å²) < 4.78 is 15.5. The molecular weight excluding hydrogens is 492 g/mol. The molecule has 36 heavy (non-hydrogen) atoms. The fraction of sp³-hybridized carbons (Fsp3) is 0.526. The molecule has 1 atom stereocenters. The number of nitro groups is 1. The minimum absolute atomic E-state index is 0.195. The highest BCUT2D eigenvalue weighted by Gasteiger charge is 2.40. The van der Waals surface area contributed by atoms with Gasteiger partial charge < -0.3 is 34.3 Å². The Balaban J connectivity index is 0.000000302. The number of furan rings is 1. The number of cyclic esters (lactones) is 1. The number of hydrogen-bond donors (Lipinski definition) is 4. The summed E-state index contributed by atoms with van der Waals surface area (Å²) in [6, 6.07) is 2.64. The standard InChI is InChI=1S/C13H16N4O6.C6H8O7/c18-13-16(14-7-10-1-2-12(22-10)17(19)20)9-11(23-13)8-15-3-5-21-6-4-15;7-3(8)1-6(13,5(11)12)2-4(9)10/h1-2,7,11H,3-6,8-9H2;13H,1-2H2,(H,7,8)(H,9,10)(H,11,12). The summed E-state index contributed by atoms with van der Waals surface area (Å²) in [6.07, 6.45) is -1.83. The minimum atomic E-state index is -2.74. The molecule has 4 N–H and O–H groups in total. The summed E-state index contributed by atoms with van der Waals surface area (Å²) in [6.45, 7) is 3.95. The van der Waals surface area contributed by atoms with Crippen LogP contribution in [-0.2, 0) is 23.9 Å². The lowest BCUT2D eigenvalue weighted by Crippen LogP contribution is -2.42. The molecule has 2 fully saturated rings. The summed E-state index contributed by atoms with van der Waals surface area (Å²) in [7, 11) is 0. The van der Waals surface area contributed by atoms with Crippen molar-refractivity contribution < 1.29 is 58.4 Å². The molecule has 0 spiro atoms. The minimum Gasteiger partial charge on any atom is -0.481 e. The predicted molar refractivity (Wildman–Crippen MR) is 114 cm³/mol. The van der Waals surface area contributed by atoms with Gasteiger partial charge in [-0.15, -0.1) is 0 Å². The lowest BCUT2D eigenvalue weighted by molar-refractivity contribution is -0.402. The van der Waals surface area contributed by atoms with Crippen molar-refractivity contribution in [1.29, 1.82) is 0 Å². The average Bonchev–Trinajstić information content (AvgIpc) is 3.39. The number of carbonyl (C=O) groups excluding carboxylic acids is 1. The Morgan fingerprint density at radius 3 is 2.28 bits per heavy atom. The van der Waals surface area contributed by atoms with Gasteiger partial charge in [0.05, 0.1) is 44.9 Å². The first-order chi connectivity index (χ1) is 16.9. The van der Waals surface area contributed by atoms with Crippen molar-refractivity contribution in [1.82, 2.24) is 9.91 Å². The molecule has 3 rings (SSSR count). The molecule has 0 radical (unpaired) electrons. The van der Waals surface area contributed by atoms with Crippen LogP contribution in [0.1, 0.15) is 18.6 Å². The zero-order chi connectivity index (χ0) is 26.9. The smallest absolute Gasteiger partial charge is 0.433 e. The van der Waals surface area contributed by atoms with Gasteiger partial charge in [0.15, 0.2) is 11.4 Å². The molecule has 0 saturated carbocycles. The summed E-state index contributed by atoms with van der Waals surface area (Å²) in [5.74, 6) is -5.20. The van der Waals surface area contributed by atoms with E-state index in [1.807, 2.05) is 0 Å². The lowest BCUT2D eigenvalue weighted by atomic mass is 9.96. The van der Waals surface area contributed by atoms with Crippen molar-refractivity contribution in [3.05, 3.63) is 28.0 Å². The number of rotatable bonds is 10. The average molecular weight is 516 g/mol. The monoisotopic (exact) mass is 516 g/mol. The van der Waals surface area contributed by atoms with Crippen LogP contribution in [0.3, 0.4) is 0 Å². The molecule has 1 aromatic rings. The third kappa shape index (κ3) is 8.60. The van der Waals surface area contributed by atoms with Gasteiger partial charge in [0.1, 0.15) is 11.0 Å². The van der Waals surface area contributed by atoms with Crippen LogP contribution in [0.2, 0.25) is 0 Å². The predicted octanol–water partition coefficient (Wildman–Crippen LogP) is -0.574. The highest BCUT2D eigenvalue weighted by molar-refractivity contribution is 5.88. The quantitative estimate of drug-likeness (QED) is 0.173. The topological polar surface area (TPSA) is 243 Å². The van der Waals surface area contributed by atoms with Crippen LogP contribution in [0.4, 0.5) is 10.7 Å². The van der Waals surface area contributed by atoms with Crippen molar-refractivity contribution >= 4 is 36.1 Å². The molecule has 0 aliphatic carbocycles. The van der Waals surface area contributed by atoms with E-state index in [0.29, 0.717) is 26.3 Å². The zero-order valence-corrected chi connectivity index (χ0v) is 18.7. The summed E-state index contributed by atoms with van der Waals surface area (Å²) in [5.41, 5.74) is -2.74. The van der Waals surface area contributed by atoms with E-state index in [9.17, 15) is 29.3 Å². The number of ether oxygens (including phenoxy) is 2. The van der Waals surface area contributed by atoms with E-state index in [2.05, 4.69) is 10.0 Å². The number of carboxylic acid groups (broad SMARTS) is 3. The van der Waals surface area contributed by atoms with Crippen LogP contribution in [0, 0.1) is 10.1 Å². The number of aliphatic hydroxyl groups is 1. The molecule has 1 aromatic heterocycles. The van der Waals surface area contributed by atoms with E-state index >= 15 is 0 Å². The third-order valence-corrected chi connectivity index (χ3v) is 4.82. The summed E-state index contributed by atoms with van der Waals surface area (Å²) in [4.78, 5) is 54.3. The van der Waals surface area contributed by atoms with Crippen molar-refractivity contribution in [2.45, 2.75) is 24.5 Å². The number of carbonyl (C=O) groups is 4. The highest BCUT2D eigenvalue weighted by atomic mass is 16.6. The first-order valence-corrected chi connectivity index (χ1v) is 10.4. The number of hydrogen-bond acceptors (Lipinski definition) is 12. The molecule has 1 amide bonds. The fourth-order valence-electron chi connectivity index (χ4n) is 3.12.